The van der Waals surface area contributed by atoms with Gasteiger partial charge >= 0.3 is 0 Å². The maximum Gasteiger partial charge on any atom is 0.249 e. The Morgan fingerprint density at radius 3 is 2.33 bits per heavy atom. The van der Waals surface area contributed by atoms with E-state index in [1.165, 1.54) is 11.8 Å². The number of ketones is 1. The van der Waals surface area contributed by atoms with Crippen molar-refractivity contribution >= 4 is 34.3 Å². The van der Waals surface area contributed by atoms with E-state index in [1.807, 2.05) is 48.5 Å². The fourth-order valence-corrected chi connectivity index (χ4v) is 5.24. The van der Waals surface area contributed by atoms with E-state index in [2.05, 4.69) is 22.6 Å². The van der Waals surface area contributed by atoms with Crippen molar-refractivity contribution in [3.8, 4) is 0 Å². The number of rotatable bonds is 9. The smallest absolute Gasteiger partial charge is 0.249 e. The van der Waals surface area contributed by atoms with Crippen LogP contribution in [0.5, 0.6) is 0 Å². The largest absolute Gasteiger partial charge is 0.351 e. The molecule has 2 amide bonds. The monoisotopic (exact) mass is 523 g/mol. The van der Waals surface area contributed by atoms with Crippen molar-refractivity contribution in [1.82, 2.24) is 20.3 Å². The average Bonchev–Trinajstić information content (AvgIpc) is 3.62. The number of aromatic nitrogens is 3. The minimum absolute atomic E-state index is 0.0702. The van der Waals surface area contributed by atoms with Gasteiger partial charge in [-0.1, -0.05) is 61.4 Å². The highest BCUT2D eigenvalue weighted by molar-refractivity contribution is 6.02. The number of nitrogens with one attached hydrogen (secondary N) is 1. The molecule has 0 spiro atoms. The van der Waals surface area contributed by atoms with Crippen molar-refractivity contribution in [2.24, 2.45) is 0 Å². The molecule has 39 heavy (non-hydrogen) atoms. The number of hydrogen-bond acceptors (Lipinski definition) is 5. The van der Waals surface area contributed by atoms with Crippen LogP contribution in [0.3, 0.4) is 0 Å². The summed E-state index contributed by atoms with van der Waals surface area (Å²) in [5, 5.41) is 11.6. The SMILES string of the molecule is CCc1ccc([C@@H](C(=O)NC2CCCC2)N(C(=O)Cn2nnc3ccccc32)c2ccc(C(C)=O)cc2)cc1. The Bertz CT molecular complexity index is 1470. The van der Waals surface area contributed by atoms with Gasteiger partial charge in [0.2, 0.25) is 11.8 Å². The van der Waals surface area contributed by atoms with Crippen LogP contribution in [-0.2, 0) is 22.6 Å². The molecular weight excluding hydrogens is 490 g/mol. The molecule has 1 saturated carbocycles. The summed E-state index contributed by atoms with van der Waals surface area (Å²) in [5.74, 6) is -0.606. The zero-order valence-corrected chi connectivity index (χ0v) is 22.3. The molecule has 5 rings (SSSR count). The van der Waals surface area contributed by atoms with Gasteiger partial charge in [0.1, 0.15) is 18.1 Å². The minimum atomic E-state index is -0.901. The maximum absolute atomic E-state index is 14.1. The summed E-state index contributed by atoms with van der Waals surface area (Å²) >= 11 is 0. The normalized spacial score (nSPS) is 14.3. The number of carbonyl (C=O) groups is 3. The molecule has 0 saturated heterocycles. The number of nitrogens with zero attached hydrogens (tertiary/aromatic N) is 4. The molecule has 1 N–H and O–H groups in total. The number of carbonyl (C=O) groups excluding carboxylic acids is 3. The van der Waals surface area contributed by atoms with Gasteiger partial charge in [0.05, 0.1) is 5.52 Å². The van der Waals surface area contributed by atoms with Crippen molar-refractivity contribution in [2.75, 3.05) is 4.90 Å². The number of fused-ring (bicyclic) bond motifs is 1. The topological polar surface area (TPSA) is 97.2 Å². The van der Waals surface area contributed by atoms with Crippen LogP contribution in [0.2, 0.25) is 0 Å². The van der Waals surface area contributed by atoms with Crippen LogP contribution in [0.1, 0.15) is 67.1 Å². The van der Waals surface area contributed by atoms with Crippen molar-refractivity contribution in [3.63, 3.8) is 0 Å². The van der Waals surface area contributed by atoms with E-state index in [9.17, 15) is 14.4 Å². The van der Waals surface area contributed by atoms with Crippen LogP contribution in [0.25, 0.3) is 11.0 Å². The van der Waals surface area contributed by atoms with Crippen LogP contribution in [0.4, 0.5) is 5.69 Å². The quantitative estimate of drug-likeness (QED) is 0.311. The third-order valence-corrected chi connectivity index (χ3v) is 7.44. The summed E-state index contributed by atoms with van der Waals surface area (Å²) < 4.78 is 1.56. The molecule has 0 aliphatic heterocycles. The van der Waals surface area contributed by atoms with Gasteiger partial charge in [0.15, 0.2) is 5.78 Å². The Labute approximate surface area is 228 Å². The van der Waals surface area contributed by atoms with Gasteiger partial charge in [-0.25, -0.2) is 4.68 Å². The molecule has 8 nitrogen and oxygen atoms in total. The molecule has 0 radical (unpaired) electrons. The number of Topliss-reactive ketones (excluding diaryl/α,β-unsaturated/α-hetero) is 1. The third kappa shape index (κ3) is 5.74. The van der Waals surface area contributed by atoms with E-state index in [4.69, 9.17) is 0 Å². The van der Waals surface area contributed by atoms with Crippen LogP contribution < -0.4 is 10.2 Å². The Kier molecular flexibility index (Phi) is 7.81. The third-order valence-electron chi connectivity index (χ3n) is 7.44. The van der Waals surface area contributed by atoms with E-state index in [0.29, 0.717) is 16.8 Å². The molecule has 0 bridgehead atoms. The lowest BCUT2D eigenvalue weighted by atomic mass is 9.99. The lowest BCUT2D eigenvalue weighted by Gasteiger charge is -2.32. The Hall–Kier alpha value is -4.33. The molecule has 1 heterocycles. The minimum Gasteiger partial charge on any atom is -0.351 e. The second kappa shape index (κ2) is 11.6. The van der Waals surface area contributed by atoms with Crippen molar-refractivity contribution in [2.45, 2.75) is 64.6 Å². The molecule has 1 atom stereocenters. The van der Waals surface area contributed by atoms with Crippen LogP contribution in [0.15, 0.2) is 72.8 Å². The standard InChI is InChI=1S/C31H33N5O3/c1-3-22-12-14-24(15-13-22)30(31(39)32-25-8-4-5-9-25)36(26-18-16-23(17-19-26)21(2)37)29(38)20-35-28-11-7-6-10-27(28)33-34-35/h6-7,10-19,25,30H,3-5,8-9,20H2,1-2H3,(H,32,39)/t30-/m0/s1. The van der Waals surface area contributed by atoms with Crippen molar-refractivity contribution in [3.05, 3.63) is 89.5 Å². The lowest BCUT2D eigenvalue weighted by molar-refractivity contribution is -0.127. The predicted molar refractivity (Wildman–Crippen MR) is 150 cm³/mol. The molecule has 3 aromatic carbocycles. The first-order valence-electron chi connectivity index (χ1n) is 13.5. The van der Waals surface area contributed by atoms with Gasteiger partial charge in [-0.3, -0.25) is 19.3 Å². The molecule has 0 unspecified atom stereocenters. The summed E-state index contributed by atoms with van der Waals surface area (Å²) in [6.45, 7) is 3.48. The fraction of sp³-hybridized carbons (Fsp3) is 0.323. The first-order chi connectivity index (χ1) is 18.9. The number of benzene rings is 3. The van der Waals surface area contributed by atoms with Gasteiger partial charge in [-0.15, -0.1) is 5.10 Å². The zero-order valence-electron chi connectivity index (χ0n) is 22.3. The Morgan fingerprint density at radius 2 is 1.67 bits per heavy atom. The van der Waals surface area contributed by atoms with Gasteiger partial charge in [-0.2, -0.15) is 0 Å². The summed E-state index contributed by atoms with van der Waals surface area (Å²) in [6.07, 6.45) is 4.89. The maximum atomic E-state index is 14.1. The zero-order chi connectivity index (χ0) is 27.4. The summed E-state index contributed by atoms with van der Waals surface area (Å²) in [6, 6.07) is 21.3. The number of para-hydroxylation sites is 1. The van der Waals surface area contributed by atoms with Gasteiger partial charge < -0.3 is 5.32 Å². The summed E-state index contributed by atoms with van der Waals surface area (Å²) in [4.78, 5) is 41.6. The van der Waals surface area contributed by atoms with Gasteiger partial charge in [-0.05, 0) is 73.7 Å². The van der Waals surface area contributed by atoms with Crippen LogP contribution >= 0.6 is 0 Å². The van der Waals surface area contributed by atoms with Crippen LogP contribution in [0, 0.1) is 0 Å². The molecule has 1 fully saturated rings. The molecule has 8 heteroatoms. The van der Waals surface area contributed by atoms with Gasteiger partial charge in [0.25, 0.3) is 0 Å². The summed E-state index contributed by atoms with van der Waals surface area (Å²) in [5.41, 5.74) is 4.35. The molecular formula is C31H33N5O3. The highest BCUT2D eigenvalue weighted by Crippen LogP contribution is 2.30. The predicted octanol–water partition coefficient (Wildman–Crippen LogP) is 5.03. The first kappa shape index (κ1) is 26.3. The second-order valence-corrected chi connectivity index (χ2v) is 10.1. The molecule has 200 valence electrons. The number of aryl methyl sites for hydroxylation is 1. The number of hydrogen-bond donors (Lipinski definition) is 1. The van der Waals surface area contributed by atoms with E-state index in [1.54, 1.807) is 28.9 Å². The Morgan fingerprint density at radius 1 is 0.974 bits per heavy atom. The van der Waals surface area contributed by atoms with E-state index in [0.717, 1.165) is 48.7 Å². The van der Waals surface area contributed by atoms with Gasteiger partial charge in [0, 0.05) is 17.3 Å². The Balaban J connectivity index is 1.58. The molecule has 4 aromatic rings. The average molecular weight is 524 g/mol. The van der Waals surface area contributed by atoms with E-state index >= 15 is 0 Å². The highest BCUT2D eigenvalue weighted by Gasteiger charge is 2.34. The van der Waals surface area contributed by atoms with Crippen LogP contribution in [-0.4, -0.2) is 38.6 Å². The molecule has 1 aliphatic rings. The summed E-state index contributed by atoms with van der Waals surface area (Å²) in [7, 11) is 0. The number of amides is 2. The highest BCUT2D eigenvalue weighted by atomic mass is 16.2. The van der Waals surface area contributed by atoms with E-state index in [-0.39, 0.29) is 30.2 Å². The molecule has 1 aliphatic carbocycles. The number of anilines is 1. The first-order valence-corrected chi connectivity index (χ1v) is 13.5. The molecule has 1 aromatic heterocycles. The van der Waals surface area contributed by atoms with E-state index < -0.39 is 6.04 Å². The fourth-order valence-electron chi connectivity index (χ4n) is 5.24. The van der Waals surface area contributed by atoms with Crippen molar-refractivity contribution < 1.29 is 14.4 Å². The van der Waals surface area contributed by atoms with Crippen molar-refractivity contribution in [1.29, 1.82) is 0 Å². The second-order valence-electron chi connectivity index (χ2n) is 10.1. The lowest BCUT2D eigenvalue weighted by Crippen LogP contribution is -2.47.